The summed E-state index contributed by atoms with van der Waals surface area (Å²) >= 11 is 0. The molecule has 3 aromatic carbocycles. The van der Waals surface area contributed by atoms with E-state index in [-0.39, 0.29) is 5.75 Å². The van der Waals surface area contributed by atoms with Crippen LogP contribution in [-0.4, -0.2) is 11.4 Å². The molecule has 3 aromatic rings. The third-order valence-electron chi connectivity index (χ3n) is 3.06. The van der Waals surface area contributed by atoms with E-state index in [9.17, 15) is 9.90 Å². The predicted molar refractivity (Wildman–Crippen MR) is 68.5 cm³/mol. The minimum absolute atomic E-state index is 0.238. The largest absolute Gasteiger partial charge is 0.507 e. The number of hydrogen-bond acceptors (Lipinski definition) is 2. The van der Waals surface area contributed by atoms with Gasteiger partial charge >= 0.3 is 0 Å². The highest BCUT2D eigenvalue weighted by molar-refractivity contribution is 6.16. The number of phenolic OH excluding ortho intramolecular Hbond substituents is 1. The quantitative estimate of drug-likeness (QED) is 0.505. The molecule has 0 heterocycles. The summed E-state index contributed by atoms with van der Waals surface area (Å²) in [5, 5.41) is 13.2. The summed E-state index contributed by atoms with van der Waals surface area (Å²) < 4.78 is 0. The Morgan fingerprint density at radius 1 is 0.765 bits per heavy atom. The van der Waals surface area contributed by atoms with E-state index in [1.54, 1.807) is 0 Å². The molecule has 1 N–H and O–H groups in total. The summed E-state index contributed by atoms with van der Waals surface area (Å²) in [5.74, 6) is 0.238. The monoisotopic (exact) mass is 222 g/mol. The van der Waals surface area contributed by atoms with Gasteiger partial charge in [0.15, 0.2) is 6.29 Å². The minimum Gasteiger partial charge on any atom is -0.507 e. The molecule has 0 aliphatic carbocycles. The molecule has 0 fully saturated rings. The second-order valence-corrected chi connectivity index (χ2v) is 3.97. The molecule has 0 amide bonds. The summed E-state index contributed by atoms with van der Waals surface area (Å²) in [5.41, 5.74) is 0.633. The van der Waals surface area contributed by atoms with Crippen LogP contribution >= 0.6 is 0 Å². The molecule has 2 nitrogen and oxygen atoms in total. The van der Waals surface area contributed by atoms with Gasteiger partial charge in [0, 0.05) is 16.3 Å². The Hall–Kier alpha value is -2.35. The number of aromatic hydroxyl groups is 1. The van der Waals surface area contributed by atoms with Gasteiger partial charge in [0.1, 0.15) is 5.75 Å². The van der Waals surface area contributed by atoms with E-state index in [1.807, 2.05) is 48.5 Å². The summed E-state index contributed by atoms with van der Waals surface area (Å²) in [7, 11) is 0. The number of fused-ring (bicyclic) bond motifs is 2. The van der Waals surface area contributed by atoms with Gasteiger partial charge in [-0.1, -0.05) is 48.5 Å². The molecular formula is C15H10O2. The molecule has 0 aliphatic rings. The Morgan fingerprint density at radius 3 is 1.59 bits per heavy atom. The molecule has 0 aliphatic heterocycles. The number of carbonyl (C=O) groups excluding carboxylic acids is 1. The number of carbonyl (C=O) groups is 1. The Kier molecular flexibility index (Phi) is 2.08. The molecule has 0 atom stereocenters. The van der Waals surface area contributed by atoms with Crippen LogP contribution in [0.5, 0.6) is 5.75 Å². The van der Waals surface area contributed by atoms with Crippen molar-refractivity contribution in [2.75, 3.05) is 0 Å². The molecule has 0 radical (unpaired) electrons. The van der Waals surface area contributed by atoms with Crippen molar-refractivity contribution < 1.29 is 9.90 Å². The van der Waals surface area contributed by atoms with E-state index in [4.69, 9.17) is 0 Å². The van der Waals surface area contributed by atoms with Gasteiger partial charge in [0.05, 0.1) is 0 Å². The van der Waals surface area contributed by atoms with E-state index in [2.05, 4.69) is 0 Å². The SMILES string of the molecule is O=Cc1c2ccccc2c(O)c2ccccc12. The molecule has 0 aromatic heterocycles. The van der Waals surface area contributed by atoms with Gasteiger partial charge in [-0.2, -0.15) is 0 Å². The van der Waals surface area contributed by atoms with Gasteiger partial charge in [0.25, 0.3) is 0 Å². The van der Waals surface area contributed by atoms with E-state index < -0.39 is 0 Å². The molecule has 0 unspecified atom stereocenters. The van der Waals surface area contributed by atoms with Crippen LogP contribution in [0, 0.1) is 0 Å². The van der Waals surface area contributed by atoms with Crippen LogP contribution in [0.1, 0.15) is 10.4 Å². The maximum Gasteiger partial charge on any atom is 0.151 e. The number of rotatable bonds is 1. The molecule has 3 rings (SSSR count). The molecule has 17 heavy (non-hydrogen) atoms. The highest BCUT2D eigenvalue weighted by Gasteiger charge is 2.11. The second kappa shape index (κ2) is 3.59. The smallest absolute Gasteiger partial charge is 0.151 e. The van der Waals surface area contributed by atoms with E-state index in [0.29, 0.717) is 16.3 Å². The first-order valence-electron chi connectivity index (χ1n) is 5.40. The van der Waals surface area contributed by atoms with Gasteiger partial charge in [-0.15, -0.1) is 0 Å². The highest BCUT2D eigenvalue weighted by Crippen LogP contribution is 2.36. The van der Waals surface area contributed by atoms with Crippen molar-refractivity contribution in [3.63, 3.8) is 0 Å². The van der Waals surface area contributed by atoms with E-state index >= 15 is 0 Å². The maximum absolute atomic E-state index is 11.3. The van der Waals surface area contributed by atoms with Crippen LogP contribution in [0.15, 0.2) is 48.5 Å². The Labute approximate surface area is 98.1 Å². The van der Waals surface area contributed by atoms with Gasteiger partial charge in [-0.25, -0.2) is 0 Å². The number of benzene rings is 3. The van der Waals surface area contributed by atoms with Crippen LogP contribution in [0.3, 0.4) is 0 Å². The zero-order valence-electron chi connectivity index (χ0n) is 9.05. The summed E-state index contributed by atoms with van der Waals surface area (Å²) in [6.07, 6.45) is 0.851. The first-order chi connectivity index (χ1) is 8.33. The average Bonchev–Trinajstić information content (AvgIpc) is 2.40. The minimum atomic E-state index is 0.238. The van der Waals surface area contributed by atoms with Gasteiger partial charge in [-0.3, -0.25) is 4.79 Å². The fraction of sp³-hybridized carbons (Fsp3) is 0. The van der Waals surface area contributed by atoms with Gasteiger partial charge in [-0.05, 0) is 10.8 Å². The topological polar surface area (TPSA) is 37.3 Å². The van der Waals surface area contributed by atoms with E-state index in [0.717, 1.165) is 17.1 Å². The number of aldehydes is 1. The van der Waals surface area contributed by atoms with Crippen molar-refractivity contribution in [1.82, 2.24) is 0 Å². The lowest BCUT2D eigenvalue weighted by atomic mass is 9.96. The normalized spacial score (nSPS) is 10.8. The molecule has 82 valence electrons. The van der Waals surface area contributed by atoms with Crippen LogP contribution in [0.25, 0.3) is 21.5 Å². The maximum atomic E-state index is 11.3. The van der Waals surface area contributed by atoms with Gasteiger partial charge in [0.2, 0.25) is 0 Å². The molecule has 0 spiro atoms. The average molecular weight is 222 g/mol. The van der Waals surface area contributed by atoms with Gasteiger partial charge < -0.3 is 5.11 Å². The van der Waals surface area contributed by atoms with Crippen LogP contribution in [-0.2, 0) is 0 Å². The van der Waals surface area contributed by atoms with Crippen molar-refractivity contribution in [2.24, 2.45) is 0 Å². The van der Waals surface area contributed by atoms with Crippen molar-refractivity contribution in [3.05, 3.63) is 54.1 Å². The Morgan fingerprint density at radius 2 is 1.18 bits per heavy atom. The zero-order chi connectivity index (χ0) is 11.8. The zero-order valence-corrected chi connectivity index (χ0v) is 9.05. The fourth-order valence-electron chi connectivity index (χ4n) is 2.27. The van der Waals surface area contributed by atoms with Crippen molar-refractivity contribution in [1.29, 1.82) is 0 Å². The Balaban J connectivity index is 2.68. The summed E-state index contributed by atoms with van der Waals surface area (Å²) in [4.78, 5) is 11.3. The predicted octanol–water partition coefficient (Wildman–Crippen LogP) is 3.51. The third kappa shape index (κ3) is 1.31. The first-order valence-corrected chi connectivity index (χ1v) is 5.40. The molecule has 0 saturated carbocycles. The standard InChI is InChI=1S/C15H10O2/c16-9-14-10-5-1-3-7-12(10)15(17)13-8-4-2-6-11(13)14/h1-9,17H. The first kappa shape index (κ1) is 9.85. The van der Waals surface area contributed by atoms with Crippen LogP contribution < -0.4 is 0 Å². The third-order valence-corrected chi connectivity index (χ3v) is 3.06. The fourth-order valence-corrected chi connectivity index (χ4v) is 2.27. The van der Waals surface area contributed by atoms with Crippen molar-refractivity contribution >= 4 is 27.8 Å². The lowest BCUT2D eigenvalue weighted by Crippen LogP contribution is -1.88. The molecule has 0 saturated heterocycles. The van der Waals surface area contributed by atoms with Crippen molar-refractivity contribution in [2.45, 2.75) is 0 Å². The second-order valence-electron chi connectivity index (χ2n) is 3.97. The molecule has 0 bridgehead atoms. The van der Waals surface area contributed by atoms with E-state index in [1.165, 1.54) is 0 Å². The summed E-state index contributed by atoms with van der Waals surface area (Å²) in [6, 6.07) is 14.8. The Bertz CT molecular complexity index is 672. The number of phenols is 1. The van der Waals surface area contributed by atoms with Crippen LogP contribution in [0.2, 0.25) is 0 Å². The van der Waals surface area contributed by atoms with Crippen LogP contribution in [0.4, 0.5) is 0 Å². The number of hydrogen-bond donors (Lipinski definition) is 1. The lowest BCUT2D eigenvalue weighted by Gasteiger charge is -2.09. The van der Waals surface area contributed by atoms with Crippen molar-refractivity contribution in [3.8, 4) is 5.75 Å². The highest BCUT2D eigenvalue weighted by atomic mass is 16.3. The summed E-state index contributed by atoms with van der Waals surface area (Å²) in [6.45, 7) is 0. The lowest BCUT2D eigenvalue weighted by molar-refractivity contribution is 0.112. The molecular weight excluding hydrogens is 212 g/mol. The molecule has 2 heteroatoms.